The van der Waals surface area contributed by atoms with Crippen LogP contribution in [0.4, 0.5) is 17.1 Å². The number of nitrogens with zero attached hydrogens (tertiary/aromatic N) is 2. The average Bonchev–Trinajstić information content (AvgIpc) is 3.66. The highest BCUT2D eigenvalue weighted by atomic mass is 15.1. The van der Waals surface area contributed by atoms with Crippen LogP contribution < -0.4 is 4.90 Å². The number of hydrogen-bond donors (Lipinski definition) is 0. The topological polar surface area (TPSA) is 8.17 Å². The number of fused-ring (bicyclic) bond motifs is 4. The maximum atomic E-state index is 2.44. The van der Waals surface area contributed by atoms with E-state index in [1.165, 1.54) is 71.5 Å². The molecule has 0 bridgehead atoms. The SMILES string of the molecule is c1ccc(-c2ccccc2-c2c(-c3ccccc3)cccc2N(c2ccc(-c3ccc4c5ccccc5n(-c5ccccc5)c4c3)cc2)c2ccc3ccccc3c2)cc1. The number of rotatable bonds is 8. The van der Waals surface area contributed by atoms with Crippen LogP contribution in [0.25, 0.3) is 82.8 Å². The van der Waals surface area contributed by atoms with Gasteiger partial charge < -0.3 is 9.47 Å². The Balaban J connectivity index is 1.11. The standard InChI is InChI=1S/C58H40N2/c1-4-18-43(19-5-1)50-25-12-13-27-54(50)58-51(44-20-6-2-7-21-44)28-16-30-56(58)59(49-37-33-41-17-10-11-22-45(41)39-49)48-35-31-42(32-36-48)46-34-38-53-52-26-14-15-29-55(52)60(57(53)40-46)47-23-8-3-9-24-47/h1-40H. The Morgan fingerprint density at radius 3 is 1.63 bits per heavy atom. The lowest BCUT2D eigenvalue weighted by molar-refractivity contribution is 1.18. The summed E-state index contributed by atoms with van der Waals surface area (Å²) in [4.78, 5) is 2.44. The first-order valence-electron chi connectivity index (χ1n) is 20.6. The van der Waals surface area contributed by atoms with E-state index in [-0.39, 0.29) is 0 Å². The van der Waals surface area contributed by atoms with E-state index < -0.39 is 0 Å². The third-order valence-corrected chi connectivity index (χ3v) is 11.8. The Morgan fingerprint density at radius 2 is 0.867 bits per heavy atom. The maximum Gasteiger partial charge on any atom is 0.0547 e. The normalized spacial score (nSPS) is 11.3. The van der Waals surface area contributed by atoms with E-state index in [0.29, 0.717) is 0 Å². The van der Waals surface area contributed by atoms with Crippen molar-refractivity contribution in [1.29, 1.82) is 0 Å². The molecule has 0 N–H and O–H groups in total. The zero-order valence-corrected chi connectivity index (χ0v) is 33.0. The molecule has 11 aromatic rings. The molecule has 11 rings (SSSR count). The fourth-order valence-corrected chi connectivity index (χ4v) is 8.99. The molecule has 2 heteroatoms. The van der Waals surface area contributed by atoms with Gasteiger partial charge in [0.05, 0.1) is 16.7 Å². The van der Waals surface area contributed by atoms with Gasteiger partial charge in [0.2, 0.25) is 0 Å². The van der Waals surface area contributed by atoms with E-state index in [0.717, 1.165) is 28.3 Å². The van der Waals surface area contributed by atoms with Gasteiger partial charge in [0.1, 0.15) is 0 Å². The molecule has 2 nitrogen and oxygen atoms in total. The largest absolute Gasteiger partial charge is 0.310 e. The van der Waals surface area contributed by atoms with Crippen molar-refractivity contribution in [2.24, 2.45) is 0 Å². The van der Waals surface area contributed by atoms with Gasteiger partial charge in [-0.25, -0.2) is 0 Å². The van der Waals surface area contributed by atoms with Crippen molar-refractivity contribution in [2.45, 2.75) is 0 Å². The van der Waals surface area contributed by atoms with Crippen molar-refractivity contribution in [1.82, 2.24) is 4.57 Å². The Labute approximate surface area is 350 Å². The first-order chi connectivity index (χ1) is 29.8. The summed E-state index contributed by atoms with van der Waals surface area (Å²) in [6.45, 7) is 0. The van der Waals surface area contributed by atoms with Crippen molar-refractivity contribution in [2.75, 3.05) is 4.90 Å². The summed E-state index contributed by atoms with van der Waals surface area (Å²) >= 11 is 0. The Morgan fingerprint density at radius 1 is 0.300 bits per heavy atom. The van der Waals surface area contributed by atoms with Gasteiger partial charge in [0, 0.05) is 33.4 Å². The van der Waals surface area contributed by atoms with E-state index in [4.69, 9.17) is 0 Å². The molecule has 0 saturated heterocycles. The summed E-state index contributed by atoms with van der Waals surface area (Å²) in [5, 5.41) is 4.92. The first-order valence-corrected chi connectivity index (χ1v) is 20.6. The van der Waals surface area contributed by atoms with Crippen LogP contribution in [0.2, 0.25) is 0 Å². The third-order valence-electron chi connectivity index (χ3n) is 11.8. The number of anilines is 3. The van der Waals surface area contributed by atoms with E-state index in [1.807, 2.05) is 0 Å². The molecule has 0 amide bonds. The number of benzene rings is 10. The van der Waals surface area contributed by atoms with Crippen LogP contribution in [-0.4, -0.2) is 4.57 Å². The highest BCUT2D eigenvalue weighted by Crippen LogP contribution is 2.48. The van der Waals surface area contributed by atoms with Crippen LogP contribution in [0.5, 0.6) is 0 Å². The number of hydrogen-bond acceptors (Lipinski definition) is 1. The zero-order chi connectivity index (χ0) is 39.8. The van der Waals surface area contributed by atoms with Crippen molar-refractivity contribution in [3.8, 4) is 50.2 Å². The molecular formula is C58H40N2. The van der Waals surface area contributed by atoms with Crippen LogP contribution in [-0.2, 0) is 0 Å². The molecule has 0 fully saturated rings. The van der Waals surface area contributed by atoms with Crippen LogP contribution >= 0.6 is 0 Å². The predicted molar refractivity (Wildman–Crippen MR) is 255 cm³/mol. The summed E-state index contributed by atoms with van der Waals surface area (Å²) in [5.41, 5.74) is 16.3. The van der Waals surface area contributed by atoms with Crippen LogP contribution in [0, 0.1) is 0 Å². The quantitative estimate of drug-likeness (QED) is 0.150. The van der Waals surface area contributed by atoms with Crippen molar-refractivity contribution in [3.05, 3.63) is 243 Å². The Bertz CT molecular complexity index is 3290. The van der Waals surface area contributed by atoms with E-state index >= 15 is 0 Å². The molecule has 0 radical (unpaired) electrons. The molecule has 0 saturated carbocycles. The van der Waals surface area contributed by atoms with Crippen LogP contribution in [0.3, 0.4) is 0 Å². The van der Waals surface area contributed by atoms with Gasteiger partial charge in [-0.1, -0.05) is 188 Å². The highest BCUT2D eigenvalue weighted by Gasteiger charge is 2.23. The number of para-hydroxylation sites is 2. The molecule has 0 unspecified atom stereocenters. The summed E-state index contributed by atoms with van der Waals surface area (Å²) in [6.07, 6.45) is 0. The smallest absolute Gasteiger partial charge is 0.0547 e. The first kappa shape index (κ1) is 35.2. The third kappa shape index (κ3) is 6.23. The van der Waals surface area contributed by atoms with Crippen molar-refractivity contribution >= 4 is 49.6 Å². The molecule has 1 aromatic heterocycles. The maximum absolute atomic E-state index is 2.44. The summed E-state index contributed by atoms with van der Waals surface area (Å²) in [5.74, 6) is 0. The molecule has 282 valence electrons. The Kier molecular flexibility index (Phi) is 8.87. The highest BCUT2D eigenvalue weighted by molar-refractivity contribution is 6.10. The molecular weight excluding hydrogens is 725 g/mol. The minimum absolute atomic E-state index is 1.08. The second kappa shape index (κ2) is 15.1. The summed E-state index contributed by atoms with van der Waals surface area (Å²) in [6, 6.07) is 88.0. The van der Waals surface area contributed by atoms with Gasteiger partial charge in [-0.05, 0) is 104 Å². The second-order valence-corrected chi connectivity index (χ2v) is 15.3. The fraction of sp³-hybridized carbons (Fsp3) is 0. The minimum atomic E-state index is 1.08. The average molecular weight is 765 g/mol. The van der Waals surface area contributed by atoms with Crippen LogP contribution in [0.15, 0.2) is 243 Å². The molecule has 0 aliphatic carbocycles. The van der Waals surface area contributed by atoms with E-state index in [1.54, 1.807) is 0 Å². The molecule has 0 aliphatic rings. The zero-order valence-electron chi connectivity index (χ0n) is 33.0. The van der Waals surface area contributed by atoms with Gasteiger partial charge in [-0.2, -0.15) is 0 Å². The van der Waals surface area contributed by atoms with E-state index in [2.05, 4.69) is 252 Å². The fourth-order valence-electron chi connectivity index (χ4n) is 8.99. The van der Waals surface area contributed by atoms with Gasteiger partial charge in [-0.15, -0.1) is 0 Å². The van der Waals surface area contributed by atoms with E-state index in [9.17, 15) is 0 Å². The van der Waals surface area contributed by atoms with Gasteiger partial charge in [0.15, 0.2) is 0 Å². The van der Waals surface area contributed by atoms with Crippen LogP contribution in [0.1, 0.15) is 0 Å². The molecule has 60 heavy (non-hydrogen) atoms. The lowest BCUT2D eigenvalue weighted by Crippen LogP contribution is -2.12. The summed E-state index contributed by atoms with van der Waals surface area (Å²) in [7, 11) is 0. The van der Waals surface area contributed by atoms with Gasteiger partial charge in [0.25, 0.3) is 0 Å². The Hall–Kier alpha value is -7.94. The molecule has 1 heterocycles. The molecule has 0 aliphatic heterocycles. The van der Waals surface area contributed by atoms with Crippen molar-refractivity contribution < 1.29 is 0 Å². The minimum Gasteiger partial charge on any atom is -0.310 e. The lowest BCUT2D eigenvalue weighted by atomic mass is 9.87. The van der Waals surface area contributed by atoms with Gasteiger partial charge in [-0.3, -0.25) is 0 Å². The predicted octanol–water partition coefficient (Wildman–Crippen LogP) is 16.1. The van der Waals surface area contributed by atoms with Crippen molar-refractivity contribution in [3.63, 3.8) is 0 Å². The lowest BCUT2D eigenvalue weighted by Gasteiger charge is -2.30. The second-order valence-electron chi connectivity index (χ2n) is 15.3. The monoisotopic (exact) mass is 764 g/mol. The number of aromatic nitrogens is 1. The molecule has 10 aromatic carbocycles. The summed E-state index contributed by atoms with van der Waals surface area (Å²) < 4.78 is 2.39. The molecule has 0 atom stereocenters. The molecule has 0 spiro atoms. The van der Waals surface area contributed by atoms with Gasteiger partial charge >= 0.3 is 0 Å².